The summed E-state index contributed by atoms with van der Waals surface area (Å²) in [5.74, 6) is -0.533. The van der Waals surface area contributed by atoms with E-state index in [-0.39, 0.29) is 16.3 Å². The number of aromatic nitrogens is 1. The minimum Gasteiger partial charge on any atom is -0.324 e. The van der Waals surface area contributed by atoms with Gasteiger partial charge in [-0.3, -0.25) is 14.9 Å². The molecule has 20 heavy (non-hydrogen) atoms. The van der Waals surface area contributed by atoms with Crippen LogP contribution in [0.4, 0.5) is 5.69 Å². The molecule has 0 spiro atoms. The number of hydrogen-bond acceptors (Lipinski definition) is 4. The number of carbonyl (C=O) groups is 1. The van der Waals surface area contributed by atoms with Gasteiger partial charge in [-0.05, 0) is 19.1 Å². The molecule has 0 saturated carbocycles. The van der Waals surface area contributed by atoms with Crippen LogP contribution in [0, 0.1) is 10.1 Å². The summed E-state index contributed by atoms with van der Waals surface area (Å²) >= 11 is 7.03. The van der Waals surface area contributed by atoms with Gasteiger partial charge in [0.25, 0.3) is 11.6 Å². The molecule has 1 heterocycles. The lowest BCUT2D eigenvalue weighted by Gasteiger charge is -1.99. The van der Waals surface area contributed by atoms with Crippen molar-refractivity contribution >= 4 is 34.5 Å². The molecule has 0 bridgehead atoms. The van der Waals surface area contributed by atoms with Crippen LogP contribution in [-0.4, -0.2) is 15.4 Å². The minimum atomic E-state index is -0.628. The number of nitro benzene ring substituents is 1. The molecular formula is C12H10ClN3O3S. The molecule has 0 radical (unpaired) electrons. The van der Waals surface area contributed by atoms with Crippen molar-refractivity contribution in [2.75, 3.05) is 0 Å². The molecule has 2 aromatic rings. The molecule has 0 aliphatic heterocycles. The average Bonchev–Trinajstić information content (AvgIpc) is 2.86. The van der Waals surface area contributed by atoms with E-state index in [1.54, 1.807) is 0 Å². The highest BCUT2D eigenvalue weighted by molar-refractivity contribution is 7.07. The Balaban J connectivity index is 2.42. The van der Waals surface area contributed by atoms with Crippen LogP contribution in [0.3, 0.4) is 0 Å². The number of carbonyl (C=O) groups excluding carboxylic acids is 1. The Morgan fingerprint density at radius 1 is 1.55 bits per heavy atom. The summed E-state index contributed by atoms with van der Waals surface area (Å²) < 4.78 is 1.81. The highest BCUT2D eigenvalue weighted by atomic mass is 35.5. The Morgan fingerprint density at radius 3 is 2.95 bits per heavy atom. The van der Waals surface area contributed by atoms with Crippen molar-refractivity contribution in [1.29, 1.82) is 0 Å². The van der Waals surface area contributed by atoms with Gasteiger partial charge in [-0.1, -0.05) is 11.6 Å². The van der Waals surface area contributed by atoms with Crippen molar-refractivity contribution in [3.8, 4) is 0 Å². The summed E-state index contributed by atoms with van der Waals surface area (Å²) in [6.07, 6.45) is 1.82. The SMILES string of the molecule is CCn1ccsc1=NC(=O)c1ccc(Cl)c([N+](=O)[O-])c1. The van der Waals surface area contributed by atoms with Crippen LogP contribution >= 0.6 is 22.9 Å². The van der Waals surface area contributed by atoms with Gasteiger partial charge in [0.1, 0.15) is 5.02 Å². The number of nitrogens with zero attached hydrogens (tertiary/aromatic N) is 3. The summed E-state index contributed by atoms with van der Waals surface area (Å²) in [7, 11) is 0. The molecule has 2 rings (SSSR count). The molecular weight excluding hydrogens is 302 g/mol. The third kappa shape index (κ3) is 2.94. The number of benzene rings is 1. The van der Waals surface area contributed by atoms with Crippen LogP contribution in [0.2, 0.25) is 5.02 Å². The fraction of sp³-hybridized carbons (Fsp3) is 0.167. The Morgan fingerprint density at radius 2 is 2.30 bits per heavy atom. The van der Waals surface area contributed by atoms with Gasteiger partial charge in [-0.15, -0.1) is 11.3 Å². The van der Waals surface area contributed by atoms with Gasteiger partial charge in [0.05, 0.1) is 4.92 Å². The summed E-state index contributed by atoms with van der Waals surface area (Å²) in [6.45, 7) is 2.62. The average molecular weight is 312 g/mol. The van der Waals surface area contributed by atoms with Gasteiger partial charge in [0, 0.05) is 29.8 Å². The van der Waals surface area contributed by atoms with Gasteiger partial charge in [-0.2, -0.15) is 4.99 Å². The van der Waals surface area contributed by atoms with E-state index in [1.165, 1.54) is 23.5 Å². The fourth-order valence-corrected chi connectivity index (χ4v) is 2.54. The molecule has 1 aromatic heterocycles. The first-order valence-corrected chi connectivity index (χ1v) is 6.95. The predicted molar refractivity (Wildman–Crippen MR) is 76.0 cm³/mol. The smallest absolute Gasteiger partial charge is 0.288 e. The maximum Gasteiger partial charge on any atom is 0.288 e. The lowest BCUT2D eigenvalue weighted by atomic mass is 10.2. The lowest BCUT2D eigenvalue weighted by Crippen LogP contribution is -2.15. The summed E-state index contributed by atoms with van der Waals surface area (Å²) in [5, 5.41) is 12.6. The number of halogens is 1. The van der Waals surface area contributed by atoms with Gasteiger partial charge < -0.3 is 4.57 Å². The zero-order chi connectivity index (χ0) is 14.7. The Kier molecular flexibility index (Phi) is 4.31. The van der Waals surface area contributed by atoms with E-state index < -0.39 is 10.8 Å². The summed E-state index contributed by atoms with van der Waals surface area (Å²) in [4.78, 5) is 26.7. The van der Waals surface area contributed by atoms with Gasteiger partial charge in [0.15, 0.2) is 4.80 Å². The molecule has 6 nitrogen and oxygen atoms in total. The standard InChI is InChI=1S/C12H10ClN3O3S/c1-2-15-5-6-20-12(15)14-11(17)8-3-4-9(13)10(7-8)16(18)19/h3-7H,2H2,1H3. The maximum atomic E-state index is 12.0. The third-order valence-corrected chi connectivity index (χ3v) is 3.70. The topological polar surface area (TPSA) is 77.5 Å². The highest BCUT2D eigenvalue weighted by Gasteiger charge is 2.16. The zero-order valence-electron chi connectivity index (χ0n) is 10.4. The fourth-order valence-electron chi connectivity index (χ4n) is 1.56. The monoisotopic (exact) mass is 311 g/mol. The van der Waals surface area contributed by atoms with Crippen molar-refractivity contribution in [2.45, 2.75) is 13.5 Å². The second-order valence-corrected chi connectivity index (χ2v) is 5.09. The van der Waals surface area contributed by atoms with E-state index in [1.807, 2.05) is 23.1 Å². The van der Waals surface area contributed by atoms with E-state index >= 15 is 0 Å². The molecule has 0 aliphatic rings. The molecule has 1 amide bonds. The number of nitro groups is 1. The Bertz CT molecular complexity index is 736. The van der Waals surface area contributed by atoms with Crippen LogP contribution < -0.4 is 4.80 Å². The highest BCUT2D eigenvalue weighted by Crippen LogP contribution is 2.25. The second-order valence-electron chi connectivity index (χ2n) is 3.81. The van der Waals surface area contributed by atoms with Crippen LogP contribution in [-0.2, 0) is 6.54 Å². The molecule has 0 aliphatic carbocycles. The molecule has 104 valence electrons. The summed E-state index contributed by atoms with van der Waals surface area (Å²) in [6, 6.07) is 3.88. The molecule has 1 aromatic carbocycles. The quantitative estimate of drug-likeness (QED) is 0.646. The maximum absolute atomic E-state index is 12.0. The van der Waals surface area contributed by atoms with Crippen LogP contribution in [0.1, 0.15) is 17.3 Å². The molecule has 0 unspecified atom stereocenters. The number of thiazole rings is 1. The molecule has 0 atom stereocenters. The minimum absolute atomic E-state index is 0.00806. The van der Waals surface area contributed by atoms with Crippen molar-refractivity contribution in [2.24, 2.45) is 4.99 Å². The Hall–Kier alpha value is -1.99. The molecule has 0 N–H and O–H groups in total. The van der Waals surface area contributed by atoms with Crippen LogP contribution in [0.5, 0.6) is 0 Å². The lowest BCUT2D eigenvalue weighted by molar-refractivity contribution is -0.384. The van der Waals surface area contributed by atoms with Gasteiger partial charge in [0.2, 0.25) is 0 Å². The zero-order valence-corrected chi connectivity index (χ0v) is 12.0. The number of amides is 1. The first-order valence-electron chi connectivity index (χ1n) is 5.70. The van der Waals surface area contributed by atoms with Gasteiger partial charge in [-0.25, -0.2) is 0 Å². The van der Waals surface area contributed by atoms with E-state index in [0.717, 1.165) is 6.07 Å². The summed E-state index contributed by atoms with van der Waals surface area (Å²) in [5.41, 5.74) is -0.167. The van der Waals surface area contributed by atoms with Crippen LogP contribution in [0.15, 0.2) is 34.8 Å². The second kappa shape index (κ2) is 5.98. The van der Waals surface area contributed by atoms with Crippen molar-refractivity contribution in [1.82, 2.24) is 4.57 Å². The van der Waals surface area contributed by atoms with Crippen molar-refractivity contribution in [3.05, 3.63) is 55.3 Å². The number of aryl methyl sites for hydroxylation is 1. The normalized spacial score (nSPS) is 11.6. The molecule has 0 saturated heterocycles. The first-order chi connectivity index (χ1) is 9.52. The van der Waals surface area contributed by atoms with E-state index in [4.69, 9.17) is 11.6 Å². The predicted octanol–water partition coefficient (Wildman–Crippen LogP) is 2.87. The van der Waals surface area contributed by atoms with Crippen molar-refractivity contribution in [3.63, 3.8) is 0 Å². The number of rotatable bonds is 3. The first kappa shape index (κ1) is 14.4. The van der Waals surface area contributed by atoms with Crippen molar-refractivity contribution < 1.29 is 9.72 Å². The van der Waals surface area contributed by atoms with Crippen LogP contribution in [0.25, 0.3) is 0 Å². The Labute approximate surface area is 123 Å². The molecule has 8 heteroatoms. The number of hydrogen-bond donors (Lipinski definition) is 0. The van der Waals surface area contributed by atoms with E-state index in [2.05, 4.69) is 4.99 Å². The van der Waals surface area contributed by atoms with Gasteiger partial charge >= 0.3 is 0 Å². The third-order valence-electron chi connectivity index (χ3n) is 2.59. The molecule has 0 fully saturated rings. The largest absolute Gasteiger partial charge is 0.324 e. The van der Waals surface area contributed by atoms with E-state index in [9.17, 15) is 14.9 Å². The van der Waals surface area contributed by atoms with E-state index in [0.29, 0.717) is 11.3 Å².